The monoisotopic (exact) mass is 182 g/mol. The van der Waals surface area contributed by atoms with Gasteiger partial charge in [0.25, 0.3) is 0 Å². The number of rotatable bonds is 2. The highest BCUT2D eigenvalue weighted by atomic mass is 35.5. The summed E-state index contributed by atoms with van der Waals surface area (Å²) in [6, 6.07) is 6.11. The number of hydrogen-bond donors (Lipinski definition) is 2. The van der Waals surface area contributed by atoms with Gasteiger partial charge < -0.3 is 11.1 Å². The van der Waals surface area contributed by atoms with Gasteiger partial charge >= 0.3 is 0 Å². The van der Waals surface area contributed by atoms with Gasteiger partial charge in [0.1, 0.15) is 0 Å². The van der Waals surface area contributed by atoms with E-state index in [1.807, 2.05) is 12.1 Å². The molecule has 0 aromatic heterocycles. The van der Waals surface area contributed by atoms with Gasteiger partial charge in [0, 0.05) is 11.1 Å². The molecule has 12 heavy (non-hydrogen) atoms. The Labute approximate surface area is 76.7 Å². The second-order valence-electron chi connectivity index (χ2n) is 3.15. The smallest absolute Gasteiger partial charge is 0.0590 e. The lowest BCUT2D eigenvalue weighted by Gasteiger charge is -2.07. The van der Waals surface area contributed by atoms with E-state index in [1.54, 1.807) is 6.07 Å². The number of benzene rings is 1. The summed E-state index contributed by atoms with van der Waals surface area (Å²) in [4.78, 5) is 0. The molecule has 0 aliphatic heterocycles. The fraction of sp³-hybridized carbons (Fsp3) is 0.333. The van der Waals surface area contributed by atoms with Crippen molar-refractivity contribution in [2.75, 3.05) is 11.1 Å². The molecule has 3 N–H and O–H groups in total. The molecule has 1 aliphatic carbocycles. The number of nitrogen functional groups attached to an aromatic ring is 1. The van der Waals surface area contributed by atoms with Crippen LogP contribution in [0.5, 0.6) is 0 Å². The zero-order valence-electron chi connectivity index (χ0n) is 6.68. The molecular formula is C9H11ClN2. The Morgan fingerprint density at radius 1 is 1.42 bits per heavy atom. The van der Waals surface area contributed by atoms with Crippen LogP contribution in [0.2, 0.25) is 5.02 Å². The Morgan fingerprint density at radius 2 is 2.17 bits per heavy atom. The fourth-order valence-electron chi connectivity index (χ4n) is 1.10. The number of hydrogen-bond acceptors (Lipinski definition) is 2. The molecule has 1 aromatic rings. The second kappa shape index (κ2) is 2.87. The van der Waals surface area contributed by atoms with Crippen molar-refractivity contribution in [2.45, 2.75) is 18.9 Å². The minimum atomic E-state index is 0.616. The molecule has 0 unspecified atom stereocenters. The molecule has 2 rings (SSSR count). The molecule has 0 saturated heterocycles. The lowest BCUT2D eigenvalue weighted by atomic mass is 10.2. The molecular weight excluding hydrogens is 172 g/mol. The molecule has 0 amide bonds. The number of halogens is 1. The number of nitrogens with two attached hydrogens (primary N) is 1. The molecule has 0 bridgehead atoms. The molecule has 3 heteroatoms. The molecule has 1 aliphatic rings. The lowest BCUT2D eigenvalue weighted by molar-refractivity contribution is 1.16. The van der Waals surface area contributed by atoms with Crippen LogP contribution in [-0.4, -0.2) is 6.04 Å². The third kappa shape index (κ3) is 1.64. The van der Waals surface area contributed by atoms with Crippen molar-refractivity contribution in [3.63, 3.8) is 0 Å². The molecule has 1 aromatic carbocycles. The molecule has 0 spiro atoms. The standard InChI is InChI=1S/C9H11ClN2/c10-6-1-4-8(11)9(5-6)12-7-2-3-7/h1,4-5,7,12H,2-3,11H2. The zero-order valence-corrected chi connectivity index (χ0v) is 7.43. The van der Waals surface area contributed by atoms with Gasteiger partial charge in [-0.2, -0.15) is 0 Å². The zero-order chi connectivity index (χ0) is 8.55. The normalized spacial score (nSPS) is 16.1. The largest absolute Gasteiger partial charge is 0.397 e. The molecule has 2 nitrogen and oxygen atoms in total. The van der Waals surface area contributed by atoms with Crippen LogP contribution in [0.15, 0.2) is 18.2 Å². The van der Waals surface area contributed by atoms with Gasteiger partial charge in [0.2, 0.25) is 0 Å². The van der Waals surface area contributed by atoms with Crippen LogP contribution in [0.4, 0.5) is 11.4 Å². The Hall–Kier alpha value is -0.890. The van der Waals surface area contributed by atoms with Crippen molar-refractivity contribution < 1.29 is 0 Å². The van der Waals surface area contributed by atoms with Crippen molar-refractivity contribution in [3.8, 4) is 0 Å². The Balaban J connectivity index is 2.21. The summed E-state index contributed by atoms with van der Waals surface area (Å²) in [5.41, 5.74) is 7.48. The van der Waals surface area contributed by atoms with Gasteiger partial charge in [0.05, 0.1) is 11.4 Å². The van der Waals surface area contributed by atoms with Crippen molar-refractivity contribution in [1.82, 2.24) is 0 Å². The van der Waals surface area contributed by atoms with Gasteiger partial charge in [0.15, 0.2) is 0 Å². The SMILES string of the molecule is Nc1ccc(Cl)cc1NC1CC1. The van der Waals surface area contributed by atoms with Crippen LogP contribution in [0.1, 0.15) is 12.8 Å². The second-order valence-corrected chi connectivity index (χ2v) is 3.59. The van der Waals surface area contributed by atoms with Gasteiger partial charge in [-0.3, -0.25) is 0 Å². The van der Waals surface area contributed by atoms with Gasteiger partial charge in [-0.15, -0.1) is 0 Å². The highest BCUT2D eigenvalue weighted by Gasteiger charge is 2.21. The van der Waals surface area contributed by atoms with Crippen molar-refractivity contribution >= 4 is 23.0 Å². The Bertz CT molecular complexity index is 295. The van der Waals surface area contributed by atoms with Crippen LogP contribution in [-0.2, 0) is 0 Å². The van der Waals surface area contributed by atoms with Crippen molar-refractivity contribution in [1.29, 1.82) is 0 Å². The van der Waals surface area contributed by atoms with E-state index in [4.69, 9.17) is 17.3 Å². The van der Waals surface area contributed by atoms with E-state index in [9.17, 15) is 0 Å². The summed E-state index contributed by atoms with van der Waals surface area (Å²) < 4.78 is 0. The summed E-state index contributed by atoms with van der Waals surface area (Å²) >= 11 is 5.83. The maximum absolute atomic E-state index is 5.83. The van der Waals surface area contributed by atoms with E-state index in [0.717, 1.165) is 16.4 Å². The Morgan fingerprint density at radius 3 is 2.83 bits per heavy atom. The number of anilines is 2. The summed E-state index contributed by atoms with van der Waals surface area (Å²) in [7, 11) is 0. The Kier molecular flexibility index (Phi) is 1.85. The van der Waals surface area contributed by atoms with Gasteiger partial charge in [-0.25, -0.2) is 0 Å². The average Bonchev–Trinajstić information content (AvgIpc) is 2.81. The minimum absolute atomic E-state index is 0.616. The quantitative estimate of drug-likeness (QED) is 0.690. The topological polar surface area (TPSA) is 38.0 Å². The first-order valence-electron chi connectivity index (χ1n) is 4.07. The van der Waals surface area contributed by atoms with Gasteiger partial charge in [-0.1, -0.05) is 11.6 Å². The lowest BCUT2D eigenvalue weighted by Crippen LogP contribution is -2.03. The first-order valence-corrected chi connectivity index (χ1v) is 4.45. The third-order valence-electron chi connectivity index (χ3n) is 1.95. The summed E-state index contributed by atoms with van der Waals surface area (Å²) in [5, 5.41) is 4.04. The van der Waals surface area contributed by atoms with Crippen LogP contribution in [0.3, 0.4) is 0 Å². The summed E-state index contributed by atoms with van der Waals surface area (Å²) in [6.45, 7) is 0. The summed E-state index contributed by atoms with van der Waals surface area (Å²) in [5.74, 6) is 0. The van der Waals surface area contributed by atoms with Crippen LogP contribution in [0.25, 0.3) is 0 Å². The van der Waals surface area contributed by atoms with Crippen LogP contribution >= 0.6 is 11.6 Å². The average molecular weight is 183 g/mol. The van der Waals surface area contributed by atoms with Crippen molar-refractivity contribution in [2.24, 2.45) is 0 Å². The molecule has 0 heterocycles. The van der Waals surface area contributed by atoms with E-state index >= 15 is 0 Å². The van der Waals surface area contributed by atoms with E-state index in [0.29, 0.717) is 6.04 Å². The molecule has 0 radical (unpaired) electrons. The number of nitrogens with one attached hydrogen (secondary N) is 1. The predicted octanol–water partition coefficient (Wildman–Crippen LogP) is 2.50. The van der Waals surface area contributed by atoms with E-state index in [1.165, 1.54) is 12.8 Å². The third-order valence-corrected chi connectivity index (χ3v) is 2.19. The molecule has 64 valence electrons. The molecule has 0 atom stereocenters. The highest BCUT2D eigenvalue weighted by Crippen LogP contribution is 2.29. The van der Waals surface area contributed by atoms with Gasteiger partial charge in [-0.05, 0) is 31.0 Å². The van der Waals surface area contributed by atoms with Crippen LogP contribution < -0.4 is 11.1 Å². The first-order chi connectivity index (χ1) is 5.75. The van der Waals surface area contributed by atoms with Crippen LogP contribution in [0, 0.1) is 0 Å². The highest BCUT2D eigenvalue weighted by molar-refractivity contribution is 6.31. The summed E-state index contributed by atoms with van der Waals surface area (Å²) in [6.07, 6.45) is 2.48. The minimum Gasteiger partial charge on any atom is -0.397 e. The maximum Gasteiger partial charge on any atom is 0.0590 e. The van der Waals surface area contributed by atoms with E-state index < -0.39 is 0 Å². The molecule has 1 fully saturated rings. The predicted molar refractivity (Wildman–Crippen MR) is 52.5 cm³/mol. The molecule has 1 saturated carbocycles. The maximum atomic E-state index is 5.83. The van der Waals surface area contributed by atoms with E-state index in [-0.39, 0.29) is 0 Å². The van der Waals surface area contributed by atoms with E-state index in [2.05, 4.69) is 5.32 Å². The van der Waals surface area contributed by atoms with Crippen molar-refractivity contribution in [3.05, 3.63) is 23.2 Å². The first kappa shape index (κ1) is 7.74. The fourth-order valence-corrected chi connectivity index (χ4v) is 1.27.